The smallest absolute Gasteiger partial charge is 0.0451 e. The van der Waals surface area contributed by atoms with E-state index in [2.05, 4.69) is 23.3 Å². The minimum Gasteiger partial charge on any atom is -0.320 e. The van der Waals surface area contributed by atoms with E-state index >= 15 is 0 Å². The average Bonchev–Trinajstić information content (AvgIpc) is 2.36. The summed E-state index contributed by atoms with van der Waals surface area (Å²) in [5.74, 6) is 0. The lowest BCUT2D eigenvalue weighted by molar-refractivity contribution is 0.317. The quantitative estimate of drug-likeness (QED) is 0.689. The number of benzene rings is 1. The Kier molecular flexibility index (Phi) is 8.06. The molecule has 0 heterocycles. The summed E-state index contributed by atoms with van der Waals surface area (Å²) in [6, 6.07) is 8.09. The summed E-state index contributed by atoms with van der Waals surface area (Å²) in [6.45, 7) is 3.22. The van der Waals surface area contributed by atoms with Gasteiger partial charge in [0.1, 0.15) is 0 Å². The van der Waals surface area contributed by atoms with Crippen LogP contribution < -0.4 is 5.32 Å². The van der Waals surface area contributed by atoms with Crippen LogP contribution in [-0.2, 0) is 6.54 Å². The highest BCUT2D eigenvalue weighted by Gasteiger charge is 2.03. The van der Waals surface area contributed by atoms with Crippen LogP contribution >= 0.6 is 11.6 Å². The van der Waals surface area contributed by atoms with Gasteiger partial charge in [-0.1, -0.05) is 42.6 Å². The van der Waals surface area contributed by atoms with Crippen molar-refractivity contribution in [2.24, 2.45) is 0 Å². The first kappa shape index (κ1) is 15.5. The highest BCUT2D eigenvalue weighted by atomic mass is 35.5. The minimum absolute atomic E-state index is 0.873. The fourth-order valence-corrected chi connectivity index (χ4v) is 2.23. The molecular formula is C15H25ClN2. The zero-order valence-electron chi connectivity index (χ0n) is 11.6. The Bertz CT molecular complexity index is 328. The average molecular weight is 269 g/mol. The lowest BCUT2D eigenvalue weighted by Crippen LogP contribution is -2.19. The summed E-state index contributed by atoms with van der Waals surface area (Å²) in [5.41, 5.74) is 1.22. The van der Waals surface area contributed by atoms with Crippen molar-refractivity contribution < 1.29 is 0 Å². The maximum atomic E-state index is 6.15. The number of nitrogens with one attached hydrogen (secondary N) is 1. The van der Waals surface area contributed by atoms with Gasteiger partial charge in [-0.05, 0) is 51.7 Å². The van der Waals surface area contributed by atoms with Crippen LogP contribution in [0.5, 0.6) is 0 Å². The van der Waals surface area contributed by atoms with Gasteiger partial charge in [-0.2, -0.15) is 0 Å². The van der Waals surface area contributed by atoms with Crippen LogP contribution in [0.2, 0.25) is 5.02 Å². The van der Waals surface area contributed by atoms with Gasteiger partial charge in [-0.3, -0.25) is 0 Å². The molecule has 3 heteroatoms. The first-order valence-corrected chi connectivity index (χ1v) is 7.18. The summed E-state index contributed by atoms with van der Waals surface area (Å²) >= 11 is 6.15. The molecule has 18 heavy (non-hydrogen) atoms. The Hall–Kier alpha value is -0.570. The molecule has 0 aliphatic rings. The van der Waals surface area contributed by atoms with Crippen molar-refractivity contribution in [3.63, 3.8) is 0 Å². The molecule has 0 atom stereocenters. The molecule has 1 rings (SSSR count). The summed E-state index contributed by atoms with van der Waals surface area (Å²) in [6.07, 6.45) is 5.19. The van der Waals surface area contributed by atoms with Crippen molar-refractivity contribution in [1.29, 1.82) is 0 Å². The second kappa shape index (κ2) is 9.37. The lowest BCUT2D eigenvalue weighted by atomic mass is 10.1. The molecule has 0 radical (unpaired) electrons. The Labute approximate surface area is 116 Å². The van der Waals surface area contributed by atoms with Gasteiger partial charge < -0.3 is 10.2 Å². The third-order valence-electron chi connectivity index (χ3n) is 3.11. The Morgan fingerprint density at radius 2 is 1.83 bits per heavy atom. The molecule has 0 aromatic heterocycles. The van der Waals surface area contributed by atoms with E-state index in [-0.39, 0.29) is 0 Å². The third kappa shape index (κ3) is 6.39. The van der Waals surface area contributed by atoms with Crippen molar-refractivity contribution in [3.8, 4) is 0 Å². The van der Waals surface area contributed by atoms with E-state index in [4.69, 9.17) is 11.6 Å². The molecule has 0 aliphatic carbocycles. The van der Waals surface area contributed by atoms with Gasteiger partial charge in [0.05, 0.1) is 0 Å². The van der Waals surface area contributed by atoms with Crippen molar-refractivity contribution in [2.75, 3.05) is 27.2 Å². The largest absolute Gasteiger partial charge is 0.320 e. The molecule has 2 nitrogen and oxygen atoms in total. The molecule has 102 valence electrons. The SMILES string of the molecule is CNCCCCCCN(C)Cc1ccccc1Cl. The van der Waals surface area contributed by atoms with Crippen LogP contribution in [0.25, 0.3) is 0 Å². The van der Waals surface area contributed by atoms with Crippen LogP contribution in [0.1, 0.15) is 31.2 Å². The number of unbranched alkanes of at least 4 members (excludes halogenated alkanes) is 3. The Balaban J connectivity index is 2.14. The van der Waals surface area contributed by atoms with Crippen LogP contribution in [0.3, 0.4) is 0 Å². The molecule has 0 bridgehead atoms. The molecule has 0 fully saturated rings. The summed E-state index contributed by atoms with van der Waals surface area (Å²) < 4.78 is 0. The maximum Gasteiger partial charge on any atom is 0.0451 e. The highest BCUT2D eigenvalue weighted by Crippen LogP contribution is 2.16. The van der Waals surface area contributed by atoms with Gasteiger partial charge in [0.2, 0.25) is 0 Å². The highest BCUT2D eigenvalue weighted by molar-refractivity contribution is 6.31. The molecule has 1 aromatic rings. The molecule has 0 aliphatic heterocycles. The van der Waals surface area contributed by atoms with Gasteiger partial charge >= 0.3 is 0 Å². The molecule has 0 spiro atoms. The van der Waals surface area contributed by atoms with E-state index in [1.165, 1.54) is 31.2 Å². The number of rotatable bonds is 9. The zero-order chi connectivity index (χ0) is 13.2. The standard InChI is InChI=1S/C15H25ClN2/c1-17-11-7-3-4-8-12-18(2)13-14-9-5-6-10-15(14)16/h5-6,9-10,17H,3-4,7-8,11-13H2,1-2H3. The van der Waals surface area contributed by atoms with E-state index in [1.54, 1.807) is 0 Å². The van der Waals surface area contributed by atoms with Gasteiger partial charge in [0.15, 0.2) is 0 Å². The first-order valence-electron chi connectivity index (χ1n) is 6.80. The van der Waals surface area contributed by atoms with Gasteiger partial charge in [-0.25, -0.2) is 0 Å². The number of nitrogens with zero attached hydrogens (tertiary/aromatic N) is 1. The molecule has 1 N–H and O–H groups in total. The van der Waals surface area contributed by atoms with Crippen molar-refractivity contribution in [2.45, 2.75) is 32.2 Å². The fourth-order valence-electron chi connectivity index (χ4n) is 2.03. The summed E-state index contributed by atoms with van der Waals surface area (Å²) in [5, 5.41) is 4.05. The molecule has 0 saturated carbocycles. The number of hydrogen-bond donors (Lipinski definition) is 1. The van der Waals surface area contributed by atoms with E-state index in [9.17, 15) is 0 Å². The van der Waals surface area contributed by atoms with Crippen molar-refractivity contribution in [1.82, 2.24) is 10.2 Å². The lowest BCUT2D eigenvalue weighted by Gasteiger charge is -2.17. The molecule has 1 aromatic carbocycles. The monoisotopic (exact) mass is 268 g/mol. The summed E-state index contributed by atoms with van der Waals surface area (Å²) in [7, 11) is 4.17. The number of hydrogen-bond acceptors (Lipinski definition) is 2. The molecule has 0 saturated heterocycles. The van der Waals surface area contributed by atoms with Crippen molar-refractivity contribution >= 4 is 11.6 Å². The second-order valence-electron chi connectivity index (χ2n) is 4.85. The van der Waals surface area contributed by atoms with E-state index in [0.717, 1.165) is 24.7 Å². The van der Waals surface area contributed by atoms with Crippen LogP contribution in [0.15, 0.2) is 24.3 Å². The second-order valence-corrected chi connectivity index (χ2v) is 5.25. The van der Waals surface area contributed by atoms with Gasteiger partial charge in [-0.15, -0.1) is 0 Å². The predicted octanol–water partition coefficient (Wildman–Crippen LogP) is 3.55. The topological polar surface area (TPSA) is 15.3 Å². The minimum atomic E-state index is 0.873. The zero-order valence-corrected chi connectivity index (χ0v) is 12.3. The van der Waals surface area contributed by atoms with Crippen LogP contribution in [-0.4, -0.2) is 32.1 Å². The summed E-state index contributed by atoms with van der Waals surface area (Å²) in [4.78, 5) is 2.35. The van der Waals surface area contributed by atoms with E-state index in [1.807, 2.05) is 25.2 Å². The van der Waals surface area contributed by atoms with Gasteiger partial charge in [0, 0.05) is 11.6 Å². The first-order chi connectivity index (χ1) is 8.74. The molecule has 0 amide bonds. The van der Waals surface area contributed by atoms with E-state index in [0.29, 0.717) is 0 Å². The Morgan fingerprint density at radius 3 is 2.56 bits per heavy atom. The number of halogens is 1. The molecule has 0 unspecified atom stereocenters. The van der Waals surface area contributed by atoms with Crippen LogP contribution in [0, 0.1) is 0 Å². The normalized spacial score (nSPS) is 11.1. The van der Waals surface area contributed by atoms with Crippen molar-refractivity contribution in [3.05, 3.63) is 34.9 Å². The Morgan fingerprint density at radius 1 is 1.11 bits per heavy atom. The van der Waals surface area contributed by atoms with Gasteiger partial charge in [0.25, 0.3) is 0 Å². The maximum absolute atomic E-state index is 6.15. The van der Waals surface area contributed by atoms with Crippen LogP contribution in [0.4, 0.5) is 0 Å². The van der Waals surface area contributed by atoms with E-state index < -0.39 is 0 Å². The fraction of sp³-hybridized carbons (Fsp3) is 0.600. The third-order valence-corrected chi connectivity index (χ3v) is 3.48. The molecular weight excluding hydrogens is 244 g/mol. The predicted molar refractivity (Wildman–Crippen MR) is 80.2 cm³/mol.